The molecule has 1 aliphatic rings. The molecule has 0 saturated carbocycles. The maximum Gasteiger partial charge on any atom is 0.161 e. The van der Waals surface area contributed by atoms with Gasteiger partial charge in [-0.3, -0.25) is 4.90 Å². The summed E-state index contributed by atoms with van der Waals surface area (Å²) in [5, 5.41) is 3.37. The lowest BCUT2D eigenvalue weighted by Gasteiger charge is -2.32. The number of hydrogen-bond acceptors (Lipinski definition) is 4. The van der Waals surface area contributed by atoms with Crippen LogP contribution in [0.25, 0.3) is 0 Å². The molecular weight excluding hydrogens is 288 g/mol. The van der Waals surface area contributed by atoms with Crippen molar-refractivity contribution in [3.63, 3.8) is 0 Å². The second-order valence-electron chi connectivity index (χ2n) is 5.47. The number of ether oxygens (including phenoxy) is 2. The average molecular weight is 315 g/mol. The summed E-state index contributed by atoms with van der Waals surface area (Å²) in [6, 6.07) is 4.85. The normalized spacial score (nSPS) is 16.4. The van der Waals surface area contributed by atoms with E-state index in [4.69, 9.17) is 9.47 Å². The molecule has 0 radical (unpaired) electrons. The molecule has 4 nitrogen and oxygen atoms in total. The number of benzene rings is 1. The second-order valence-corrected chi connectivity index (χ2v) is 5.47. The highest BCUT2D eigenvalue weighted by molar-refractivity contribution is 5.85. The molecule has 21 heavy (non-hydrogen) atoms. The van der Waals surface area contributed by atoms with Crippen molar-refractivity contribution in [1.29, 1.82) is 0 Å². The Morgan fingerprint density at radius 2 is 1.71 bits per heavy atom. The van der Waals surface area contributed by atoms with Crippen LogP contribution in [0, 0.1) is 6.92 Å². The number of piperidine rings is 1. The molecule has 120 valence electrons. The van der Waals surface area contributed by atoms with E-state index >= 15 is 0 Å². The van der Waals surface area contributed by atoms with Gasteiger partial charge in [-0.05, 0) is 63.2 Å². The van der Waals surface area contributed by atoms with Crippen LogP contribution >= 0.6 is 12.4 Å². The van der Waals surface area contributed by atoms with Gasteiger partial charge in [0, 0.05) is 12.6 Å². The molecule has 1 aromatic rings. The van der Waals surface area contributed by atoms with E-state index in [1.165, 1.54) is 24.0 Å². The van der Waals surface area contributed by atoms with Crippen molar-refractivity contribution in [3.8, 4) is 11.5 Å². The first-order valence-electron chi connectivity index (χ1n) is 7.29. The highest BCUT2D eigenvalue weighted by atomic mass is 35.5. The third kappa shape index (κ3) is 4.50. The van der Waals surface area contributed by atoms with Gasteiger partial charge in [0.2, 0.25) is 0 Å². The van der Waals surface area contributed by atoms with Crippen LogP contribution in [-0.4, -0.2) is 45.3 Å². The topological polar surface area (TPSA) is 33.7 Å². The van der Waals surface area contributed by atoms with Crippen LogP contribution < -0.4 is 14.8 Å². The van der Waals surface area contributed by atoms with E-state index in [2.05, 4.69) is 36.3 Å². The van der Waals surface area contributed by atoms with E-state index in [1.54, 1.807) is 14.2 Å². The van der Waals surface area contributed by atoms with Gasteiger partial charge >= 0.3 is 0 Å². The highest BCUT2D eigenvalue weighted by Gasteiger charge is 2.19. The van der Waals surface area contributed by atoms with Gasteiger partial charge in [0.1, 0.15) is 0 Å². The zero-order chi connectivity index (χ0) is 14.5. The number of hydrogen-bond donors (Lipinski definition) is 1. The van der Waals surface area contributed by atoms with Gasteiger partial charge in [-0.2, -0.15) is 0 Å². The molecular formula is C16H27ClN2O2. The number of aryl methyl sites for hydroxylation is 1. The predicted octanol–water partition coefficient (Wildman–Crippen LogP) is 2.62. The summed E-state index contributed by atoms with van der Waals surface area (Å²) in [5.41, 5.74) is 2.59. The Balaban J connectivity index is 0.00000220. The van der Waals surface area contributed by atoms with Gasteiger partial charge < -0.3 is 14.8 Å². The summed E-state index contributed by atoms with van der Waals surface area (Å²) in [6.45, 7) is 5.43. The van der Waals surface area contributed by atoms with Crippen LogP contribution in [0.1, 0.15) is 24.0 Å². The number of rotatable bonds is 5. The van der Waals surface area contributed by atoms with E-state index < -0.39 is 0 Å². The van der Waals surface area contributed by atoms with Crippen molar-refractivity contribution < 1.29 is 9.47 Å². The first-order chi connectivity index (χ1) is 9.67. The molecule has 1 aliphatic heterocycles. The van der Waals surface area contributed by atoms with Gasteiger partial charge in [-0.15, -0.1) is 12.4 Å². The number of nitrogens with one attached hydrogen (secondary N) is 1. The van der Waals surface area contributed by atoms with E-state index in [-0.39, 0.29) is 12.4 Å². The van der Waals surface area contributed by atoms with E-state index in [1.807, 2.05) is 0 Å². The number of likely N-dealkylation sites (tertiary alicyclic amines) is 1. The summed E-state index contributed by atoms with van der Waals surface area (Å²) in [7, 11) is 5.42. The van der Waals surface area contributed by atoms with E-state index in [0.717, 1.165) is 31.1 Å². The summed E-state index contributed by atoms with van der Waals surface area (Å²) in [5.74, 6) is 1.63. The molecule has 0 aromatic heterocycles. The minimum absolute atomic E-state index is 0. The lowest BCUT2D eigenvalue weighted by molar-refractivity contribution is 0.194. The van der Waals surface area contributed by atoms with Gasteiger partial charge in [0.25, 0.3) is 0 Å². The third-order valence-electron chi connectivity index (χ3n) is 4.23. The van der Waals surface area contributed by atoms with Crippen molar-refractivity contribution in [2.24, 2.45) is 0 Å². The zero-order valence-electron chi connectivity index (χ0n) is 13.4. The Morgan fingerprint density at radius 3 is 2.24 bits per heavy atom. The van der Waals surface area contributed by atoms with Gasteiger partial charge in [0.15, 0.2) is 11.5 Å². The lowest BCUT2D eigenvalue weighted by atomic mass is 10.0. The van der Waals surface area contributed by atoms with Gasteiger partial charge in [-0.25, -0.2) is 0 Å². The molecule has 0 unspecified atom stereocenters. The van der Waals surface area contributed by atoms with Crippen LogP contribution in [0.5, 0.6) is 11.5 Å². The fourth-order valence-corrected chi connectivity index (χ4v) is 2.81. The fraction of sp³-hybridized carbons (Fsp3) is 0.625. The molecule has 0 bridgehead atoms. The molecule has 0 atom stereocenters. The SMILES string of the molecule is CNC1CCN(Cc2cc(OC)c(OC)cc2C)CC1.Cl. The number of halogens is 1. The van der Waals surface area contributed by atoms with Gasteiger partial charge in [0.05, 0.1) is 14.2 Å². The van der Waals surface area contributed by atoms with Crippen molar-refractivity contribution in [3.05, 3.63) is 23.3 Å². The van der Waals surface area contributed by atoms with Crippen LogP contribution in [-0.2, 0) is 6.54 Å². The smallest absolute Gasteiger partial charge is 0.161 e. The Hall–Kier alpha value is -0.970. The first kappa shape index (κ1) is 18.1. The molecule has 1 fully saturated rings. The second kappa shape index (κ2) is 8.47. The van der Waals surface area contributed by atoms with Crippen molar-refractivity contribution in [2.45, 2.75) is 32.4 Å². The van der Waals surface area contributed by atoms with Gasteiger partial charge in [-0.1, -0.05) is 0 Å². The Labute approximate surface area is 134 Å². The molecule has 1 saturated heterocycles. The maximum absolute atomic E-state index is 5.40. The minimum Gasteiger partial charge on any atom is -0.493 e. The number of nitrogens with zero attached hydrogens (tertiary/aromatic N) is 1. The Bertz CT molecular complexity index is 446. The van der Waals surface area contributed by atoms with Crippen LogP contribution in [0.3, 0.4) is 0 Å². The standard InChI is InChI=1S/C16H26N2O2.ClH/c1-12-9-15(19-3)16(20-4)10-13(12)11-18-7-5-14(17-2)6-8-18;/h9-10,14,17H,5-8,11H2,1-4H3;1H. The van der Waals surface area contributed by atoms with Crippen LogP contribution in [0.15, 0.2) is 12.1 Å². The third-order valence-corrected chi connectivity index (χ3v) is 4.23. The average Bonchev–Trinajstić information content (AvgIpc) is 2.49. The Kier molecular flexibility index (Phi) is 7.29. The summed E-state index contributed by atoms with van der Waals surface area (Å²) in [6.07, 6.45) is 2.45. The van der Waals surface area contributed by atoms with Crippen molar-refractivity contribution >= 4 is 12.4 Å². The Morgan fingerprint density at radius 1 is 1.14 bits per heavy atom. The minimum atomic E-state index is 0. The summed E-state index contributed by atoms with van der Waals surface area (Å²) in [4.78, 5) is 2.52. The van der Waals surface area contributed by atoms with Crippen LogP contribution in [0.2, 0.25) is 0 Å². The van der Waals surface area contributed by atoms with E-state index in [0.29, 0.717) is 6.04 Å². The van der Waals surface area contributed by atoms with Crippen molar-refractivity contribution in [1.82, 2.24) is 10.2 Å². The quantitative estimate of drug-likeness (QED) is 0.906. The monoisotopic (exact) mass is 314 g/mol. The molecule has 0 aliphatic carbocycles. The lowest BCUT2D eigenvalue weighted by Crippen LogP contribution is -2.40. The number of methoxy groups -OCH3 is 2. The molecule has 1 N–H and O–H groups in total. The summed E-state index contributed by atoms with van der Waals surface area (Å²) >= 11 is 0. The molecule has 1 heterocycles. The fourth-order valence-electron chi connectivity index (χ4n) is 2.81. The van der Waals surface area contributed by atoms with Crippen molar-refractivity contribution in [2.75, 3.05) is 34.4 Å². The highest BCUT2D eigenvalue weighted by Crippen LogP contribution is 2.31. The zero-order valence-corrected chi connectivity index (χ0v) is 14.3. The molecule has 2 rings (SSSR count). The van der Waals surface area contributed by atoms with Crippen LogP contribution in [0.4, 0.5) is 0 Å². The molecule has 0 amide bonds. The maximum atomic E-state index is 5.40. The molecule has 1 aromatic carbocycles. The predicted molar refractivity (Wildman–Crippen MR) is 88.9 cm³/mol. The van der Waals surface area contributed by atoms with E-state index in [9.17, 15) is 0 Å². The molecule has 0 spiro atoms. The molecule has 5 heteroatoms. The largest absolute Gasteiger partial charge is 0.493 e. The first-order valence-corrected chi connectivity index (χ1v) is 7.29. The summed E-state index contributed by atoms with van der Waals surface area (Å²) < 4.78 is 10.7.